The predicted molar refractivity (Wildman–Crippen MR) is 76.0 cm³/mol. The quantitative estimate of drug-likeness (QED) is 0.717. The van der Waals surface area contributed by atoms with Crippen LogP contribution in [-0.4, -0.2) is 41.8 Å². The molecule has 8 heteroatoms. The van der Waals surface area contributed by atoms with Gasteiger partial charge in [-0.2, -0.15) is 0 Å². The van der Waals surface area contributed by atoms with E-state index in [2.05, 4.69) is 4.72 Å². The number of methoxy groups -OCH3 is 2. The fourth-order valence-corrected chi connectivity index (χ4v) is 2.81. The molecule has 0 aromatic heterocycles. The van der Waals surface area contributed by atoms with Gasteiger partial charge in [-0.25, -0.2) is 13.1 Å². The molecule has 0 atom stereocenters. The molecule has 0 saturated heterocycles. The third-order valence-corrected chi connectivity index (χ3v) is 4.07. The standard InChI is InChI=1S/C13H19NO6S/c1-4-20-13(15)7-8-14-21(16,17)12-9-10(18-2)5-6-11(12)19-3/h5-6,9,14H,4,7-8H2,1-3H3. The average Bonchev–Trinajstić information content (AvgIpc) is 2.46. The molecule has 0 radical (unpaired) electrons. The summed E-state index contributed by atoms with van der Waals surface area (Å²) in [5.74, 6) is 0.124. The first-order valence-electron chi connectivity index (χ1n) is 6.32. The Morgan fingerprint density at radius 1 is 1.24 bits per heavy atom. The molecular formula is C13H19NO6S. The number of ether oxygens (including phenoxy) is 3. The van der Waals surface area contributed by atoms with E-state index in [0.29, 0.717) is 5.75 Å². The number of rotatable bonds is 8. The number of hydrogen-bond donors (Lipinski definition) is 1. The van der Waals surface area contributed by atoms with Crippen LogP contribution in [0.2, 0.25) is 0 Å². The van der Waals surface area contributed by atoms with Crippen molar-refractivity contribution < 1.29 is 27.4 Å². The molecule has 0 amide bonds. The largest absolute Gasteiger partial charge is 0.497 e. The van der Waals surface area contributed by atoms with Gasteiger partial charge in [0, 0.05) is 12.6 Å². The van der Waals surface area contributed by atoms with Crippen molar-refractivity contribution in [3.05, 3.63) is 18.2 Å². The summed E-state index contributed by atoms with van der Waals surface area (Å²) < 4.78 is 41.5. The number of carbonyl (C=O) groups excluding carboxylic acids is 1. The molecule has 1 rings (SSSR count). The Hall–Kier alpha value is -1.80. The maximum atomic E-state index is 12.2. The Morgan fingerprint density at radius 3 is 2.52 bits per heavy atom. The van der Waals surface area contributed by atoms with Crippen molar-refractivity contribution in [2.45, 2.75) is 18.2 Å². The van der Waals surface area contributed by atoms with Crippen LogP contribution in [0.1, 0.15) is 13.3 Å². The van der Waals surface area contributed by atoms with E-state index in [1.165, 1.54) is 26.4 Å². The zero-order chi connectivity index (χ0) is 15.9. The molecule has 0 bridgehead atoms. The van der Waals surface area contributed by atoms with Gasteiger partial charge in [0.2, 0.25) is 10.0 Å². The van der Waals surface area contributed by atoms with E-state index in [4.69, 9.17) is 14.2 Å². The van der Waals surface area contributed by atoms with E-state index < -0.39 is 16.0 Å². The molecular weight excluding hydrogens is 298 g/mol. The second kappa shape index (κ2) is 7.84. The fourth-order valence-electron chi connectivity index (χ4n) is 1.59. The summed E-state index contributed by atoms with van der Waals surface area (Å²) >= 11 is 0. The highest BCUT2D eigenvalue weighted by molar-refractivity contribution is 7.89. The van der Waals surface area contributed by atoms with Gasteiger partial charge in [-0.3, -0.25) is 4.79 Å². The molecule has 0 aliphatic carbocycles. The van der Waals surface area contributed by atoms with Crippen LogP contribution < -0.4 is 14.2 Å². The van der Waals surface area contributed by atoms with Crippen LogP contribution in [0.25, 0.3) is 0 Å². The third-order valence-electron chi connectivity index (χ3n) is 2.59. The molecule has 118 valence electrons. The molecule has 1 N–H and O–H groups in total. The second-order valence-electron chi connectivity index (χ2n) is 3.97. The van der Waals surface area contributed by atoms with Gasteiger partial charge in [0.25, 0.3) is 0 Å². The van der Waals surface area contributed by atoms with Gasteiger partial charge in [0.05, 0.1) is 27.2 Å². The van der Waals surface area contributed by atoms with Gasteiger partial charge < -0.3 is 14.2 Å². The lowest BCUT2D eigenvalue weighted by Crippen LogP contribution is -2.27. The smallest absolute Gasteiger partial charge is 0.307 e. The van der Waals surface area contributed by atoms with Gasteiger partial charge in [-0.05, 0) is 19.1 Å². The normalized spacial score (nSPS) is 11.0. The van der Waals surface area contributed by atoms with Crippen molar-refractivity contribution in [1.82, 2.24) is 4.72 Å². The molecule has 0 aliphatic heterocycles. The van der Waals surface area contributed by atoms with Gasteiger partial charge in [0.1, 0.15) is 16.4 Å². The lowest BCUT2D eigenvalue weighted by atomic mass is 10.3. The summed E-state index contributed by atoms with van der Waals surface area (Å²) in [6.07, 6.45) is -0.0423. The molecule has 0 unspecified atom stereocenters. The van der Waals surface area contributed by atoms with Crippen molar-refractivity contribution >= 4 is 16.0 Å². The zero-order valence-electron chi connectivity index (χ0n) is 12.2. The van der Waals surface area contributed by atoms with Gasteiger partial charge in [0.15, 0.2) is 0 Å². The van der Waals surface area contributed by atoms with Crippen molar-refractivity contribution in [2.24, 2.45) is 0 Å². The number of esters is 1. The Kier molecular flexibility index (Phi) is 6.44. The summed E-state index contributed by atoms with van der Waals surface area (Å²) in [5.41, 5.74) is 0. The number of hydrogen-bond acceptors (Lipinski definition) is 6. The summed E-state index contributed by atoms with van der Waals surface area (Å²) in [6.45, 7) is 1.89. The van der Waals surface area contributed by atoms with Crippen molar-refractivity contribution in [1.29, 1.82) is 0 Å². The summed E-state index contributed by atoms with van der Waals surface area (Å²) in [5, 5.41) is 0. The molecule has 0 fully saturated rings. The summed E-state index contributed by atoms with van der Waals surface area (Å²) in [6, 6.07) is 4.45. The number of benzene rings is 1. The molecule has 21 heavy (non-hydrogen) atoms. The summed E-state index contributed by atoms with van der Waals surface area (Å²) in [4.78, 5) is 11.1. The number of sulfonamides is 1. The third kappa shape index (κ3) is 4.91. The van der Waals surface area contributed by atoms with E-state index in [1.54, 1.807) is 13.0 Å². The Labute approximate surface area is 124 Å². The first-order valence-corrected chi connectivity index (χ1v) is 7.80. The van der Waals surface area contributed by atoms with Crippen LogP contribution in [0.15, 0.2) is 23.1 Å². The highest BCUT2D eigenvalue weighted by Crippen LogP contribution is 2.27. The Bertz CT molecular complexity index is 584. The van der Waals surface area contributed by atoms with E-state index in [1.807, 2.05) is 0 Å². The summed E-state index contributed by atoms with van der Waals surface area (Å²) in [7, 11) is -0.998. The van der Waals surface area contributed by atoms with Crippen LogP contribution in [0.4, 0.5) is 0 Å². The lowest BCUT2D eigenvalue weighted by Gasteiger charge is -2.12. The van der Waals surface area contributed by atoms with Crippen LogP contribution in [0.5, 0.6) is 11.5 Å². The second-order valence-corrected chi connectivity index (χ2v) is 5.70. The average molecular weight is 317 g/mol. The van der Waals surface area contributed by atoms with Crippen molar-refractivity contribution in [3.8, 4) is 11.5 Å². The maximum Gasteiger partial charge on any atom is 0.307 e. The van der Waals surface area contributed by atoms with E-state index in [9.17, 15) is 13.2 Å². The van der Waals surface area contributed by atoms with Crippen LogP contribution in [-0.2, 0) is 19.6 Å². The van der Waals surface area contributed by atoms with Gasteiger partial charge in [-0.15, -0.1) is 0 Å². The SMILES string of the molecule is CCOC(=O)CCNS(=O)(=O)c1cc(OC)ccc1OC. The van der Waals surface area contributed by atoms with E-state index in [0.717, 1.165) is 0 Å². The van der Waals surface area contributed by atoms with E-state index >= 15 is 0 Å². The molecule has 0 spiro atoms. The number of nitrogens with one attached hydrogen (secondary N) is 1. The molecule has 1 aromatic rings. The molecule has 7 nitrogen and oxygen atoms in total. The monoisotopic (exact) mass is 317 g/mol. The van der Waals surface area contributed by atoms with Crippen molar-refractivity contribution in [2.75, 3.05) is 27.4 Å². The first-order chi connectivity index (χ1) is 9.94. The Balaban J connectivity index is 2.84. The molecule has 1 aromatic carbocycles. The maximum absolute atomic E-state index is 12.2. The molecule has 0 aliphatic rings. The minimum Gasteiger partial charge on any atom is -0.497 e. The lowest BCUT2D eigenvalue weighted by molar-refractivity contribution is -0.142. The minimum atomic E-state index is -3.81. The highest BCUT2D eigenvalue weighted by Gasteiger charge is 2.20. The van der Waals surface area contributed by atoms with Gasteiger partial charge >= 0.3 is 5.97 Å². The fraction of sp³-hybridized carbons (Fsp3) is 0.462. The van der Waals surface area contributed by atoms with Crippen molar-refractivity contribution in [3.63, 3.8) is 0 Å². The zero-order valence-corrected chi connectivity index (χ0v) is 13.0. The number of carbonyl (C=O) groups is 1. The highest BCUT2D eigenvalue weighted by atomic mass is 32.2. The molecule has 0 saturated carbocycles. The molecule has 0 heterocycles. The van der Waals surface area contributed by atoms with Gasteiger partial charge in [-0.1, -0.05) is 0 Å². The minimum absolute atomic E-state index is 0.0423. The predicted octanol–water partition coefficient (Wildman–Crippen LogP) is 0.935. The van der Waals surface area contributed by atoms with Crippen LogP contribution in [0, 0.1) is 0 Å². The first kappa shape index (κ1) is 17.3. The van der Waals surface area contributed by atoms with Crippen LogP contribution >= 0.6 is 0 Å². The van der Waals surface area contributed by atoms with E-state index in [-0.39, 0.29) is 30.2 Å². The van der Waals surface area contributed by atoms with Crippen LogP contribution in [0.3, 0.4) is 0 Å². The Morgan fingerprint density at radius 2 is 1.95 bits per heavy atom. The topological polar surface area (TPSA) is 90.9 Å².